The summed E-state index contributed by atoms with van der Waals surface area (Å²) in [6.07, 6.45) is 0. The third kappa shape index (κ3) is 8.95. The van der Waals surface area contributed by atoms with Crippen molar-refractivity contribution in [3.63, 3.8) is 0 Å². The Morgan fingerprint density at radius 2 is 0.609 bits per heavy atom. The summed E-state index contributed by atoms with van der Waals surface area (Å²) in [5.74, 6) is 1.90. The lowest BCUT2D eigenvalue weighted by Gasteiger charge is -2.33. The first kappa shape index (κ1) is 41.3. The van der Waals surface area contributed by atoms with Gasteiger partial charge in [-0.2, -0.15) is 0 Å². The number of methoxy groups -OCH3 is 1. The molecule has 0 atom stereocenters. The largest absolute Gasteiger partial charge is 0.497 e. The van der Waals surface area contributed by atoms with Crippen LogP contribution >= 0.6 is 0 Å². The molecule has 314 valence electrons. The Bertz CT molecular complexity index is 3010. The molecule has 0 amide bonds. The Hall–Kier alpha value is -8.07. The van der Waals surface area contributed by atoms with Crippen LogP contribution in [-0.2, 0) is 9.84 Å². The van der Waals surface area contributed by atoms with E-state index in [2.05, 4.69) is 130 Å². The fraction of sp³-hybridized carbons (Fsp3) is 0.0357. The summed E-state index contributed by atoms with van der Waals surface area (Å²) in [6, 6.07) is 77.7. The van der Waals surface area contributed by atoms with E-state index < -0.39 is 9.84 Å². The summed E-state index contributed by atoms with van der Waals surface area (Å²) in [5.41, 5.74) is 9.67. The predicted molar refractivity (Wildman–Crippen MR) is 260 cm³/mol. The highest BCUT2D eigenvalue weighted by molar-refractivity contribution is 7.91. The van der Waals surface area contributed by atoms with Crippen molar-refractivity contribution in [2.75, 3.05) is 21.8 Å². The molecule has 8 heteroatoms. The Morgan fingerprint density at radius 3 is 0.938 bits per heavy atom. The van der Waals surface area contributed by atoms with Crippen molar-refractivity contribution < 1.29 is 17.9 Å². The molecule has 0 spiro atoms. The lowest BCUT2D eigenvalue weighted by Crippen LogP contribution is -2.16. The standard InChI is InChI=1S/C56H45N3O4S/c1-42-23-35-55(36-24-42)64(60,61)56-37-33-54(34-38-56)63-53-31-27-48(28-32-53)59(46-21-13-6-14-22-46)51-40-49(57(43-15-7-3-8-16-43)44-17-9-4-10-18-44)39-50(41-51)58(45-19-11-5-12-20-45)47-25-29-52(62-2)30-26-47/h3-41H,1-2H3. The van der Waals surface area contributed by atoms with Crippen LogP contribution in [0.4, 0.5) is 51.2 Å². The van der Waals surface area contributed by atoms with Crippen molar-refractivity contribution in [3.05, 3.63) is 242 Å². The zero-order valence-corrected chi connectivity index (χ0v) is 36.2. The third-order valence-electron chi connectivity index (χ3n) is 10.8. The van der Waals surface area contributed by atoms with E-state index in [1.54, 1.807) is 55.6 Å². The molecular weight excluding hydrogens is 811 g/mol. The second-order valence-electron chi connectivity index (χ2n) is 15.1. The summed E-state index contributed by atoms with van der Waals surface area (Å²) in [6.45, 7) is 1.93. The van der Waals surface area contributed by atoms with Crippen molar-refractivity contribution in [3.8, 4) is 17.2 Å². The van der Waals surface area contributed by atoms with Gasteiger partial charge in [0.15, 0.2) is 0 Å². The SMILES string of the molecule is COc1ccc(N(c2ccccc2)c2cc(N(c3ccccc3)c3ccccc3)cc(N(c3ccccc3)c3ccc(Oc4ccc(S(=O)(=O)c5ccc(C)cc5)cc4)cc3)c2)cc1. The summed E-state index contributed by atoms with van der Waals surface area (Å²) in [7, 11) is -1.99. The number of nitrogens with zero attached hydrogens (tertiary/aromatic N) is 3. The van der Waals surface area contributed by atoms with E-state index in [4.69, 9.17) is 9.47 Å². The minimum Gasteiger partial charge on any atom is -0.497 e. The average molecular weight is 856 g/mol. The van der Waals surface area contributed by atoms with Crippen LogP contribution in [0, 0.1) is 6.92 Å². The van der Waals surface area contributed by atoms with Crippen LogP contribution in [0.25, 0.3) is 0 Å². The number of ether oxygens (including phenoxy) is 2. The lowest BCUT2D eigenvalue weighted by molar-refractivity contribution is 0.415. The molecule has 64 heavy (non-hydrogen) atoms. The average Bonchev–Trinajstić information content (AvgIpc) is 3.34. The maximum Gasteiger partial charge on any atom is 0.206 e. The van der Waals surface area contributed by atoms with E-state index in [1.165, 1.54) is 0 Å². The predicted octanol–water partition coefficient (Wildman–Crippen LogP) is 15.0. The Kier molecular flexibility index (Phi) is 11.9. The Balaban J connectivity index is 1.15. The van der Waals surface area contributed by atoms with Crippen molar-refractivity contribution >= 4 is 61.0 Å². The number of benzene rings is 9. The number of rotatable bonds is 14. The number of para-hydroxylation sites is 4. The quantitative estimate of drug-likeness (QED) is 0.108. The van der Waals surface area contributed by atoms with Crippen LogP contribution in [0.15, 0.2) is 246 Å². The molecular formula is C56H45N3O4S. The zero-order chi connectivity index (χ0) is 43.9. The van der Waals surface area contributed by atoms with Gasteiger partial charge in [-0.05, 0) is 159 Å². The first-order valence-electron chi connectivity index (χ1n) is 20.9. The van der Waals surface area contributed by atoms with Gasteiger partial charge in [-0.15, -0.1) is 0 Å². The molecule has 0 bridgehead atoms. The Labute approximate surface area is 375 Å². The highest BCUT2D eigenvalue weighted by Gasteiger charge is 2.23. The molecule has 7 nitrogen and oxygen atoms in total. The van der Waals surface area contributed by atoms with E-state index in [-0.39, 0.29) is 9.79 Å². The van der Waals surface area contributed by atoms with Gasteiger partial charge in [0.2, 0.25) is 9.84 Å². The fourth-order valence-electron chi connectivity index (χ4n) is 7.69. The topological polar surface area (TPSA) is 62.3 Å². The zero-order valence-electron chi connectivity index (χ0n) is 35.4. The van der Waals surface area contributed by atoms with Crippen molar-refractivity contribution in [1.29, 1.82) is 0 Å². The van der Waals surface area contributed by atoms with Gasteiger partial charge in [-0.25, -0.2) is 8.42 Å². The van der Waals surface area contributed by atoms with Crippen molar-refractivity contribution in [2.24, 2.45) is 0 Å². The summed E-state index contributed by atoms with van der Waals surface area (Å²) < 4.78 is 38.5. The van der Waals surface area contributed by atoms with Crippen LogP contribution in [0.2, 0.25) is 0 Å². The molecule has 0 aromatic heterocycles. The van der Waals surface area contributed by atoms with E-state index in [9.17, 15) is 8.42 Å². The van der Waals surface area contributed by atoms with Gasteiger partial charge in [0.1, 0.15) is 17.2 Å². The molecule has 9 aromatic rings. The molecule has 0 radical (unpaired) electrons. The molecule has 9 aromatic carbocycles. The molecule has 0 fully saturated rings. The second kappa shape index (κ2) is 18.5. The lowest BCUT2D eigenvalue weighted by atomic mass is 10.1. The molecule has 0 saturated carbocycles. The van der Waals surface area contributed by atoms with E-state index in [0.717, 1.165) is 62.5 Å². The van der Waals surface area contributed by atoms with Gasteiger partial charge < -0.3 is 24.2 Å². The molecule has 0 unspecified atom stereocenters. The monoisotopic (exact) mass is 855 g/mol. The molecule has 0 aliphatic heterocycles. The summed E-state index contributed by atoms with van der Waals surface area (Å²) in [4.78, 5) is 7.24. The fourth-order valence-corrected chi connectivity index (χ4v) is 8.95. The summed E-state index contributed by atoms with van der Waals surface area (Å²) >= 11 is 0. The molecule has 0 aliphatic rings. The number of sulfone groups is 1. The first-order valence-corrected chi connectivity index (χ1v) is 22.4. The van der Waals surface area contributed by atoms with Crippen molar-refractivity contribution in [2.45, 2.75) is 16.7 Å². The van der Waals surface area contributed by atoms with Crippen LogP contribution in [0.3, 0.4) is 0 Å². The number of aryl methyl sites for hydroxylation is 1. The highest BCUT2D eigenvalue weighted by atomic mass is 32.2. The van der Waals surface area contributed by atoms with E-state index in [0.29, 0.717) is 11.5 Å². The molecule has 0 N–H and O–H groups in total. The molecule has 0 saturated heterocycles. The van der Waals surface area contributed by atoms with Crippen LogP contribution < -0.4 is 24.2 Å². The number of anilines is 9. The van der Waals surface area contributed by atoms with Gasteiger partial charge in [0.25, 0.3) is 0 Å². The first-order chi connectivity index (χ1) is 31.3. The molecule has 9 rings (SSSR count). The Morgan fingerprint density at radius 1 is 0.328 bits per heavy atom. The maximum atomic E-state index is 13.3. The van der Waals surface area contributed by atoms with Gasteiger partial charge in [0, 0.05) is 34.1 Å². The van der Waals surface area contributed by atoms with Gasteiger partial charge >= 0.3 is 0 Å². The van der Waals surface area contributed by atoms with Crippen LogP contribution in [0.5, 0.6) is 17.2 Å². The third-order valence-corrected chi connectivity index (χ3v) is 12.6. The van der Waals surface area contributed by atoms with Gasteiger partial charge in [-0.3, -0.25) is 0 Å². The summed E-state index contributed by atoms with van der Waals surface area (Å²) in [5, 5.41) is 0. The normalized spacial score (nSPS) is 11.1. The van der Waals surface area contributed by atoms with Crippen LogP contribution in [-0.4, -0.2) is 15.5 Å². The van der Waals surface area contributed by atoms with Gasteiger partial charge in [-0.1, -0.05) is 90.5 Å². The minimum atomic E-state index is -3.67. The minimum absolute atomic E-state index is 0.204. The smallest absolute Gasteiger partial charge is 0.206 e. The van der Waals surface area contributed by atoms with Gasteiger partial charge in [0.05, 0.1) is 34.0 Å². The second-order valence-corrected chi connectivity index (χ2v) is 17.1. The number of hydrogen-bond acceptors (Lipinski definition) is 7. The van der Waals surface area contributed by atoms with E-state index >= 15 is 0 Å². The van der Waals surface area contributed by atoms with Crippen LogP contribution in [0.1, 0.15) is 5.56 Å². The maximum absolute atomic E-state index is 13.3. The molecule has 0 aliphatic carbocycles. The number of hydrogen-bond donors (Lipinski definition) is 0. The molecule has 0 heterocycles. The van der Waals surface area contributed by atoms with Crippen molar-refractivity contribution in [1.82, 2.24) is 0 Å². The highest BCUT2D eigenvalue weighted by Crippen LogP contribution is 2.46. The van der Waals surface area contributed by atoms with E-state index in [1.807, 2.05) is 79.7 Å².